The van der Waals surface area contributed by atoms with Crippen LogP contribution in [0.4, 0.5) is 0 Å². The van der Waals surface area contributed by atoms with Gasteiger partial charge in [0.2, 0.25) is 10.0 Å². The van der Waals surface area contributed by atoms with Gasteiger partial charge in [0.25, 0.3) is 5.91 Å². The predicted molar refractivity (Wildman–Crippen MR) is 128 cm³/mol. The van der Waals surface area contributed by atoms with E-state index in [1.807, 2.05) is 18.2 Å². The number of nitrogens with zero attached hydrogens (tertiary/aromatic N) is 3. The maximum absolute atomic E-state index is 13.4. The Balaban J connectivity index is 1.48. The van der Waals surface area contributed by atoms with Crippen molar-refractivity contribution >= 4 is 15.9 Å². The molecule has 0 aliphatic carbocycles. The highest BCUT2D eigenvalue weighted by atomic mass is 32.2. The third-order valence-corrected chi connectivity index (χ3v) is 8.41. The molecule has 0 atom stereocenters. The SMILES string of the molecule is COc1ccc(S(=O)(=O)N2CCCCCC2)cc1C(=O)N1CCN(Cc2ccccc2)CC1. The highest BCUT2D eigenvalue weighted by Gasteiger charge is 2.29. The Bertz CT molecular complexity index is 1040. The smallest absolute Gasteiger partial charge is 0.257 e. The number of benzene rings is 2. The molecule has 8 heteroatoms. The van der Waals surface area contributed by atoms with E-state index < -0.39 is 10.0 Å². The summed E-state index contributed by atoms with van der Waals surface area (Å²) in [6.45, 7) is 4.65. The van der Waals surface area contributed by atoms with E-state index in [-0.39, 0.29) is 10.8 Å². The van der Waals surface area contributed by atoms with Crippen molar-refractivity contribution in [2.45, 2.75) is 37.1 Å². The van der Waals surface area contributed by atoms with E-state index in [1.54, 1.807) is 21.3 Å². The molecule has 2 heterocycles. The number of ether oxygens (including phenoxy) is 1. The van der Waals surface area contributed by atoms with Crippen molar-refractivity contribution in [3.05, 3.63) is 59.7 Å². The Morgan fingerprint density at radius 2 is 1.55 bits per heavy atom. The number of rotatable bonds is 6. The van der Waals surface area contributed by atoms with Gasteiger partial charge in [-0.25, -0.2) is 8.42 Å². The summed E-state index contributed by atoms with van der Waals surface area (Å²) >= 11 is 0. The van der Waals surface area contributed by atoms with Gasteiger partial charge in [0, 0.05) is 45.8 Å². The normalized spacial score (nSPS) is 18.6. The molecule has 2 aliphatic rings. The third-order valence-electron chi connectivity index (χ3n) is 6.51. The summed E-state index contributed by atoms with van der Waals surface area (Å²) in [6, 6.07) is 14.9. The zero-order chi connectivity index (χ0) is 23.3. The van der Waals surface area contributed by atoms with Crippen LogP contribution in [0, 0.1) is 0 Å². The molecule has 4 rings (SSSR count). The number of methoxy groups -OCH3 is 1. The van der Waals surface area contributed by atoms with E-state index in [9.17, 15) is 13.2 Å². The Labute approximate surface area is 197 Å². The molecule has 0 unspecified atom stereocenters. The van der Waals surface area contributed by atoms with Gasteiger partial charge in [0.1, 0.15) is 5.75 Å². The van der Waals surface area contributed by atoms with Crippen molar-refractivity contribution in [2.75, 3.05) is 46.4 Å². The van der Waals surface area contributed by atoms with Crippen LogP contribution in [0.25, 0.3) is 0 Å². The number of hydrogen-bond donors (Lipinski definition) is 0. The molecule has 0 radical (unpaired) electrons. The van der Waals surface area contributed by atoms with Gasteiger partial charge in [-0.05, 0) is 36.6 Å². The van der Waals surface area contributed by atoms with Crippen molar-refractivity contribution in [2.24, 2.45) is 0 Å². The van der Waals surface area contributed by atoms with E-state index in [0.717, 1.165) is 45.3 Å². The third kappa shape index (κ3) is 5.57. The molecule has 2 fully saturated rings. The summed E-state index contributed by atoms with van der Waals surface area (Å²) in [7, 11) is -2.13. The molecular formula is C25H33N3O4S. The number of piperazine rings is 1. The average Bonchev–Trinajstić information content (AvgIpc) is 3.15. The topological polar surface area (TPSA) is 70.2 Å². The van der Waals surface area contributed by atoms with E-state index in [0.29, 0.717) is 37.5 Å². The van der Waals surface area contributed by atoms with Crippen molar-refractivity contribution in [3.8, 4) is 5.75 Å². The molecule has 2 saturated heterocycles. The molecule has 33 heavy (non-hydrogen) atoms. The van der Waals surface area contributed by atoms with Crippen LogP contribution in [0.2, 0.25) is 0 Å². The quantitative estimate of drug-likeness (QED) is 0.647. The van der Waals surface area contributed by atoms with E-state index in [1.165, 1.54) is 18.7 Å². The number of hydrogen-bond acceptors (Lipinski definition) is 5. The lowest BCUT2D eigenvalue weighted by Crippen LogP contribution is -2.48. The van der Waals surface area contributed by atoms with Gasteiger partial charge < -0.3 is 9.64 Å². The summed E-state index contributed by atoms with van der Waals surface area (Å²) < 4.78 is 33.5. The molecule has 178 valence electrons. The monoisotopic (exact) mass is 471 g/mol. The Morgan fingerprint density at radius 3 is 2.18 bits per heavy atom. The molecule has 2 aromatic carbocycles. The first kappa shape index (κ1) is 23.7. The molecule has 2 aromatic rings. The minimum atomic E-state index is -3.64. The summed E-state index contributed by atoms with van der Waals surface area (Å²) in [4.78, 5) is 17.7. The first-order chi connectivity index (χ1) is 16.0. The number of carbonyl (C=O) groups is 1. The minimum Gasteiger partial charge on any atom is -0.496 e. The standard InChI is InChI=1S/C25H33N3O4S/c1-32-24-12-11-22(33(30,31)28-13-7-2-3-8-14-28)19-23(24)25(29)27-17-15-26(16-18-27)20-21-9-5-4-6-10-21/h4-6,9-12,19H,2-3,7-8,13-18,20H2,1H3. The Kier molecular flexibility index (Phi) is 7.67. The molecule has 0 aromatic heterocycles. The summed E-state index contributed by atoms with van der Waals surface area (Å²) in [5.74, 6) is 0.223. The van der Waals surface area contributed by atoms with Gasteiger partial charge in [-0.1, -0.05) is 43.2 Å². The molecular weight excluding hydrogens is 438 g/mol. The second-order valence-corrected chi connectivity index (χ2v) is 10.7. The van der Waals surface area contributed by atoms with Crippen LogP contribution in [-0.2, 0) is 16.6 Å². The largest absolute Gasteiger partial charge is 0.496 e. The Morgan fingerprint density at radius 1 is 0.879 bits per heavy atom. The van der Waals surface area contributed by atoms with Gasteiger partial charge >= 0.3 is 0 Å². The van der Waals surface area contributed by atoms with Gasteiger partial charge in [-0.2, -0.15) is 4.31 Å². The average molecular weight is 472 g/mol. The summed E-state index contributed by atoms with van der Waals surface area (Å²) in [5.41, 5.74) is 1.57. The van der Waals surface area contributed by atoms with Crippen LogP contribution in [-0.4, -0.2) is 74.8 Å². The van der Waals surface area contributed by atoms with E-state index in [4.69, 9.17) is 4.74 Å². The van der Waals surface area contributed by atoms with Crippen molar-refractivity contribution < 1.29 is 17.9 Å². The fourth-order valence-corrected chi connectivity index (χ4v) is 6.11. The molecule has 0 saturated carbocycles. The highest BCUT2D eigenvalue weighted by Crippen LogP contribution is 2.27. The highest BCUT2D eigenvalue weighted by molar-refractivity contribution is 7.89. The van der Waals surface area contributed by atoms with E-state index in [2.05, 4.69) is 17.0 Å². The predicted octanol–water partition coefficient (Wildman–Crippen LogP) is 3.22. The second kappa shape index (κ2) is 10.7. The fourth-order valence-electron chi connectivity index (χ4n) is 4.57. The van der Waals surface area contributed by atoms with Crippen molar-refractivity contribution in [1.29, 1.82) is 0 Å². The first-order valence-corrected chi connectivity index (χ1v) is 13.2. The van der Waals surface area contributed by atoms with Crippen LogP contribution in [0.5, 0.6) is 5.75 Å². The number of amides is 1. The van der Waals surface area contributed by atoms with Crippen LogP contribution < -0.4 is 4.74 Å². The van der Waals surface area contributed by atoms with Gasteiger partial charge in [-0.15, -0.1) is 0 Å². The van der Waals surface area contributed by atoms with E-state index >= 15 is 0 Å². The molecule has 0 bridgehead atoms. The zero-order valence-corrected chi connectivity index (χ0v) is 20.1. The molecule has 7 nitrogen and oxygen atoms in total. The number of carbonyl (C=O) groups excluding carboxylic acids is 1. The van der Waals surface area contributed by atoms with Crippen molar-refractivity contribution in [1.82, 2.24) is 14.1 Å². The van der Waals surface area contributed by atoms with Gasteiger partial charge in [0.05, 0.1) is 17.6 Å². The summed E-state index contributed by atoms with van der Waals surface area (Å²) in [5, 5.41) is 0. The number of sulfonamides is 1. The van der Waals surface area contributed by atoms with Gasteiger partial charge in [-0.3, -0.25) is 9.69 Å². The lowest BCUT2D eigenvalue weighted by molar-refractivity contribution is 0.0625. The maximum Gasteiger partial charge on any atom is 0.257 e. The molecule has 1 amide bonds. The lowest BCUT2D eigenvalue weighted by atomic mass is 10.1. The van der Waals surface area contributed by atoms with Gasteiger partial charge in [0.15, 0.2) is 0 Å². The minimum absolute atomic E-state index is 0.163. The van der Waals surface area contributed by atoms with Crippen LogP contribution in [0.15, 0.2) is 53.4 Å². The second-order valence-electron chi connectivity index (χ2n) is 8.73. The molecule has 0 spiro atoms. The van der Waals surface area contributed by atoms with Crippen LogP contribution >= 0.6 is 0 Å². The molecule has 0 N–H and O–H groups in total. The van der Waals surface area contributed by atoms with Crippen LogP contribution in [0.3, 0.4) is 0 Å². The molecule has 2 aliphatic heterocycles. The zero-order valence-electron chi connectivity index (χ0n) is 19.3. The first-order valence-electron chi connectivity index (χ1n) is 11.7. The lowest BCUT2D eigenvalue weighted by Gasteiger charge is -2.35. The Hall–Kier alpha value is -2.42. The summed E-state index contributed by atoms with van der Waals surface area (Å²) in [6.07, 6.45) is 3.84. The fraction of sp³-hybridized carbons (Fsp3) is 0.480. The van der Waals surface area contributed by atoms with Crippen molar-refractivity contribution in [3.63, 3.8) is 0 Å². The maximum atomic E-state index is 13.4. The van der Waals surface area contributed by atoms with Crippen LogP contribution in [0.1, 0.15) is 41.6 Å².